The highest BCUT2D eigenvalue weighted by Crippen LogP contribution is 2.17. The fourth-order valence-corrected chi connectivity index (χ4v) is 1.76. The number of nitrogens with two attached hydrogens (primary N) is 1. The molecule has 0 aromatic carbocycles. The van der Waals surface area contributed by atoms with Crippen LogP contribution in [-0.2, 0) is 6.54 Å². The van der Waals surface area contributed by atoms with Crippen LogP contribution in [0.5, 0.6) is 11.8 Å². The largest absolute Gasteiger partial charge is 0.481 e. The van der Waals surface area contributed by atoms with Gasteiger partial charge in [0.25, 0.3) is 5.91 Å². The number of aromatic nitrogens is 4. The average Bonchev–Trinajstić information content (AvgIpc) is 2.95. The summed E-state index contributed by atoms with van der Waals surface area (Å²) in [6.07, 6.45) is 1.56. The molecule has 0 fully saturated rings. The van der Waals surface area contributed by atoms with E-state index in [0.29, 0.717) is 24.3 Å². The SMILES string of the molecule is COc1cc(OC)nc(N[C@@H](C)Cn2c[c]c(C(N)=O)n2)n1. The van der Waals surface area contributed by atoms with E-state index >= 15 is 0 Å². The van der Waals surface area contributed by atoms with Crippen LogP contribution in [0, 0.1) is 6.07 Å². The van der Waals surface area contributed by atoms with Gasteiger partial charge >= 0.3 is 0 Å². The van der Waals surface area contributed by atoms with Gasteiger partial charge in [-0.05, 0) is 6.92 Å². The molecule has 0 bridgehead atoms. The highest BCUT2D eigenvalue weighted by atomic mass is 16.5. The summed E-state index contributed by atoms with van der Waals surface area (Å²) in [5.41, 5.74) is 5.24. The number of hydrogen-bond acceptors (Lipinski definition) is 7. The zero-order chi connectivity index (χ0) is 16.1. The lowest BCUT2D eigenvalue weighted by Crippen LogP contribution is -2.24. The van der Waals surface area contributed by atoms with Gasteiger partial charge in [0.1, 0.15) is 0 Å². The van der Waals surface area contributed by atoms with Crippen LogP contribution in [0.3, 0.4) is 0 Å². The number of hydrogen-bond donors (Lipinski definition) is 2. The van der Waals surface area contributed by atoms with Crippen molar-refractivity contribution in [1.82, 2.24) is 19.7 Å². The van der Waals surface area contributed by atoms with E-state index in [1.807, 2.05) is 6.92 Å². The second kappa shape index (κ2) is 6.74. The molecule has 1 radical (unpaired) electrons. The van der Waals surface area contributed by atoms with E-state index in [9.17, 15) is 4.79 Å². The summed E-state index contributed by atoms with van der Waals surface area (Å²) < 4.78 is 11.7. The number of anilines is 1. The number of ether oxygens (including phenoxy) is 2. The molecular formula is C13H17N6O3. The first-order valence-electron chi connectivity index (χ1n) is 6.50. The molecule has 22 heavy (non-hydrogen) atoms. The van der Waals surface area contributed by atoms with Gasteiger partial charge in [0.15, 0.2) is 5.69 Å². The molecule has 2 aromatic rings. The Morgan fingerprint density at radius 2 is 2.05 bits per heavy atom. The van der Waals surface area contributed by atoms with E-state index in [0.717, 1.165) is 0 Å². The summed E-state index contributed by atoms with van der Waals surface area (Å²) in [4.78, 5) is 19.3. The molecule has 9 nitrogen and oxygen atoms in total. The lowest BCUT2D eigenvalue weighted by atomic mass is 10.3. The van der Waals surface area contributed by atoms with Crippen LogP contribution in [-0.4, -0.2) is 45.9 Å². The van der Waals surface area contributed by atoms with Crippen molar-refractivity contribution in [3.05, 3.63) is 24.0 Å². The minimum absolute atomic E-state index is 0.0640. The predicted molar refractivity (Wildman–Crippen MR) is 77.8 cm³/mol. The summed E-state index contributed by atoms with van der Waals surface area (Å²) in [5.74, 6) is 0.546. The van der Waals surface area contributed by atoms with E-state index in [1.165, 1.54) is 14.2 Å². The zero-order valence-corrected chi connectivity index (χ0v) is 12.5. The van der Waals surface area contributed by atoms with Crippen molar-refractivity contribution in [2.24, 2.45) is 5.73 Å². The van der Waals surface area contributed by atoms with Crippen molar-refractivity contribution in [3.8, 4) is 11.8 Å². The summed E-state index contributed by atoms with van der Waals surface area (Å²) in [6, 6.07) is 4.21. The average molecular weight is 305 g/mol. The molecule has 2 heterocycles. The molecule has 1 atom stereocenters. The van der Waals surface area contributed by atoms with Gasteiger partial charge in [0.05, 0.1) is 26.8 Å². The first-order chi connectivity index (χ1) is 10.5. The van der Waals surface area contributed by atoms with Crippen LogP contribution in [0.1, 0.15) is 17.4 Å². The summed E-state index contributed by atoms with van der Waals surface area (Å²) in [6.45, 7) is 2.40. The van der Waals surface area contributed by atoms with Crippen molar-refractivity contribution in [2.45, 2.75) is 19.5 Å². The topological polar surface area (TPSA) is 117 Å². The molecule has 0 aliphatic rings. The fourth-order valence-electron chi connectivity index (χ4n) is 1.76. The highest BCUT2D eigenvalue weighted by Gasteiger charge is 2.11. The molecule has 0 saturated carbocycles. The van der Waals surface area contributed by atoms with Gasteiger partial charge in [0.2, 0.25) is 17.7 Å². The van der Waals surface area contributed by atoms with Gasteiger partial charge in [-0.25, -0.2) is 0 Å². The van der Waals surface area contributed by atoms with Crippen LogP contribution in [0.25, 0.3) is 0 Å². The molecule has 2 rings (SSSR count). The van der Waals surface area contributed by atoms with Crippen LogP contribution in [0.2, 0.25) is 0 Å². The Morgan fingerprint density at radius 3 is 2.55 bits per heavy atom. The number of methoxy groups -OCH3 is 2. The molecule has 0 unspecified atom stereocenters. The number of amides is 1. The standard InChI is InChI=1S/C13H17N6O3/c1-8(7-19-5-4-9(18-19)12(14)20)15-13-16-10(21-2)6-11(17-13)22-3/h5-6,8H,7H2,1-3H3,(H2,14,20)(H,15,16,17)/t8-/m0/s1. The Morgan fingerprint density at radius 1 is 1.41 bits per heavy atom. The first kappa shape index (κ1) is 15.5. The zero-order valence-electron chi connectivity index (χ0n) is 12.5. The first-order valence-corrected chi connectivity index (χ1v) is 6.50. The number of nitrogens with one attached hydrogen (secondary N) is 1. The highest BCUT2D eigenvalue weighted by molar-refractivity contribution is 5.90. The number of carbonyl (C=O) groups is 1. The number of rotatable bonds is 7. The lowest BCUT2D eigenvalue weighted by Gasteiger charge is -2.14. The maximum Gasteiger partial charge on any atom is 0.269 e. The van der Waals surface area contributed by atoms with E-state index in [-0.39, 0.29) is 11.7 Å². The second-order valence-electron chi connectivity index (χ2n) is 4.53. The third-order valence-corrected chi connectivity index (χ3v) is 2.75. The molecule has 0 aliphatic heterocycles. The molecule has 0 spiro atoms. The van der Waals surface area contributed by atoms with E-state index in [2.05, 4.69) is 26.4 Å². The van der Waals surface area contributed by atoms with Crippen LogP contribution >= 0.6 is 0 Å². The quantitative estimate of drug-likeness (QED) is 0.744. The smallest absolute Gasteiger partial charge is 0.269 e. The maximum atomic E-state index is 11.0. The molecule has 117 valence electrons. The minimum Gasteiger partial charge on any atom is -0.481 e. The van der Waals surface area contributed by atoms with E-state index < -0.39 is 5.91 Å². The van der Waals surface area contributed by atoms with Crippen molar-refractivity contribution in [1.29, 1.82) is 0 Å². The molecule has 0 saturated heterocycles. The van der Waals surface area contributed by atoms with E-state index in [1.54, 1.807) is 16.9 Å². The van der Waals surface area contributed by atoms with E-state index in [4.69, 9.17) is 15.2 Å². The molecule has 3 N–H and O–H groups in total. The van der Waals surface area contributed by atoms with Gasteiger partial charge in [-0.2, -0.15) is 15.1 Å². The summed E-state index contributed by atoms with van der Waals surface area (Å²) in [5, 5.41) is 7.12. The number of nitrogens with zero attached hydrogens (tertiary/aromatic N) is 4. The molecule has 1 amide bonds. The lowest BCUT2D eigenvalue weighted by molar-refractivity contribution is 0.0994. The normalized spacial score (nSPS) is 11.8. The number of primary amides is 1. The Hall–Kier alpha value is -2.84. The van der Waals surface area contributed by atoms with Crippen molar-refractivity contribution < 1.29 is 14.3 Å². The summed E-state index contributed by atoms with van der Waals surface area (Å²) >= 11 is 0. The Bertz CT molecular complexity index is 635. The minimum atomic E-state index is -0.611. The Kier molecular flexibility index (Phi) is 4.77. The van der Waals surface area contributed by atoms with Gasteiger partial charge in [-0.1, -0.05) is 0 Å². The van der Waals surface area contributed by atoms with Crippen molar-refractivity contribution >= 4 is 11.9 Å². The predicted octanol–water partition coefficient (Wildman–Crippen LogP) is 0.0900. The van der Waals surface area contributed by atoms with Crippen molar-refractivity contribution in [2.75, 3.05) is 19.5 Å². The fraction of sp³-hybridized carbons (Fsp3) is 0.385. The second-order valence-corrected chi connectivity index (χ2v) is 4.53. The third-order valence-electron chi connectivity index (χ3n) is 2.75. The van der Waals surface area contributed by atoms with Crippen molar-refractivity contribution in [3.63, 3.8) is 0 Å². The molecule has 2 aromatic heterocycles. The van der Waals surface area contributed by atoms with Crippen LogP contribution in [0.4, 0.5) is 5.95 Å². The third kappa shape index (κ3) is 3.84. The van der Waals surface area contributed by atoms with Crippen LogP contribution in [0.15, 0.2) is 12.3 Å². The van der Waals surface area contributed by atoms with Gasteiger partial charge in [-0.3, -0.25) is 9.48 Å². The summed E-state index contributed by atoms with van der Waals surface area (Å²) in [7, 11) is 3.03. The van der Waals surface area contributed by atoms with Gasteiger partial charge in [0, 0.05) is 18.3 Å². The Balaban J connectivity index is 2.04. The molecule has 0 aliphatic carbocycles. The monoisotopic (exact) mass is 305 g/mol. The van der Waals surface area contributed by atoms with Gasteiger partial charge < -0.3 is 20.5 Å². The number of carbonyl (C=O) groups excluding carboxylic acids is 1. The Labute approximate surface area is 127 Å². The van der Waals surface area contributed by atoms with Gasteiger partial charge in [-0.15, -0.1) is 0 Å². The van der Waals surface area contributed by atoms with Crippen LogP contribution < -0.4 is 20.5 Å². The molecule has 9 heteroatoms. The maximum absolute atomic E-state index is 11.0. The molecular weight excluding hydrogens is 288 g/mol.